The smallest absolute Gasteiger partial charge is 0.243 e. The lowest BCUT2D eigenvalue weighted by molar-refractivity contribution is -0.128. The van der Waals surface area contributed by atoms with Crippen LogP contribution in [0.2, 0.25) is 0 Å². The molecule has 0 radical (unpaired) electrons. The quantitative estimate of drug-likeness (QED) is 0.865. The fourth-order valence-electron chi connectivity index (χ4n) is 2.46. The van der Waals surface area contributed by atoms with Gasteiger partial charge in [0.2, 0.25) is 11.8 Å². The lowest BCUT2D eigenvalue weighted by Gasteiger charge is -2.28. The van der Waals surface area contributed by atoms with Gasteiger partial charge in [-0.05, 0) is 30.2 Å². The normalized spacial score (nSPS) is 20.5. The second kappa shape index (κ2) is 7.53. The Labute approximate surface area is 143 Å². The van der Waals surface area contributed by atoms with Crippen molar-refractivity contribution < 1.29 is 18.4 Å². The van der Waals surface area contributed by atoms with Gasteiger partial charge < -0.3 is 15.1 Å². The van der Waals surface area contributed by atoms with Crippen LogP contribution in [0.4, 0.5) is 4.39 Å². The Kier molecular flexibility index (Phi) is 5.20. The van der Waals surface area contributed by atoms with Crippen LogP contribution in [-0.2, 0) is 22.6 Å². The van der Waals surface area contributed by atoms with Crippen molar-refractivity contribution in [3.63, 3.8) is 0 Å². The van der Waals surface area contributed by atoms with Gasteiger partial charge in [0.15, 0.2) is 0 Å². The van der Waals surface area contributed by atoms with Crippen LogP contribution in [0, 0.1) is 5.82 Å². The van der Waals surface area contributed by atoms with E-state index >= 15 is 0 Å². The Morgan fingerprint density at radius 1 is 1.33 bits per heavy atom. The van der Waals surface area contributed by atoms with Gasteiger partial charge in [0, 0.05) is 5.75 Å². The third-order valence-corrected chi connectivity index (χ3v) is 5.08. The van der Waals surface area contributed by atoms with Gasteiger partial charge in [0.05, 0.1) is 18.1 Å². The third-order valence-electron chi connectivity index (χ3n) is 3.77. The zero-order chi connectivity index (χ0) is 16.9. The van der Waals surface area contributed by atoms with Crippen molar-refractivity contribution in [2.75, 3.05) is 5.75 Å². The average molecular weight is 348 g/mol. The van der Waals surface area contributed by atoms with Gasteiger partial charge in [-0.25, -0.2) is 4.39 Å². The molecule has 2 heterocycles. The predicted molar refractivity (Wildman–Crippen MR) is 88.8 cm³/mol. The molecule has 2 aromatic rings. The van der Waals surface area contributed by atoms with E-state index in [1.165, 1.54) is 24.1 Å². The molecule has 0 aliphatic carbocycles. The lowest BCUT2D eigenvalue weighted by Crippen LogP contribution is -2.54. The van der Waals surface area contributed by atoms with Crippen LogP contribution in [-0.4, -0.2) is 28.9 Å². The Morgan fingerprint density at radius 3 is 2.88 bits per heavy atom. The maximum absolute atomic E-state index is 13.7. The summed E-state index contributed by atoms with van der Waals surface area (Å²) < 4.78 is 18.8. The summed E-state index contributed by atoms with van der Waals surface area (Å²) in [7, 11) is 0. The van der Waals surface area contributed by atoms with E-state index in [9.17, 15) is 14.0 Å². The Bertz CT molecular complexity index is 720. The summed E-state index contributed by atoms with van der Waals surface area (Å²) >= 11 is 1.37. The van der Waals surface area contributed by atoms with Crippen LogP contribution in [0.3, 0.4) is 0 Å². The van der Waals surface area contributed by atoms with Crippen molar-refractivity contribution in [2.24, 2.45) is 0 Å². The van der Waals surface area contributed by atoms with Crippen molar-refractivity contribution >= 4 is 23.6 Å². The topological polar surface area (TPSA) is 71.3 Å². The summed E-state index contributed by atoms with van der Waals surface area (Å²) in [6.45, 7) is 0.279. The predicted octanol–water partition coefficient (Wildman–Crippen LogP) is 1.88. The first-order valence-electron chi connectivity index (χ1n) is 7.59. The van der Waals surface area contributed by atoms with E-state index in [0.29, 0.717) is 23.5 Å². The molecule has 1 saturated heterocycles. The van der Waals surface area contributed by atoms with E-state index in [-0.39, 0.29) is 24.2 Å². The van der Waals surface area contributed by atoms with E-state index in [1.54, 1.807) is 30.3 Å². The Balaban J connectivity index is 1.52. The number of hydrogen-bond acceptors (Lipinski definition) is 4. The number of carbonyl (C=O) groups excluding carboxylic acids is 2. The van der Waals surface area contributed by atoms with Crippen LogP contribution in [0.25, 0.3) is 0 Å². The van der Waals surface area contributed by atoms with Crippen LogP contribution in [0.1, 0.15) is 11.3 Å². The number of furan rings is 1. The molecule has 1 aromatic carbocycles. The SMILES string of the molecule is O=C(NCc1ccco1)[C@@H]1CS[C@H](Cc2ccccc2F)C(=O)N1. The minimum atomic E-state index is -0.589. The van der Waals surface area contributed by atoms with E-state index in [2.05, 4.69) is 10.6 Å². The highest BCUT2D eigenvalue weighted by Crippen LogP contribution is 2.23. The van der Waals surface area contributed by atoms with Crippen LogP contribution < -0.4 is 10.6 Å². The maximum Gasteiger partial charge on any atom is 0.243 e. The van der Waals surface area contributed by atoms with Crippen molar-refractivity contribution in [3.8, 4) is 0 Å². The Morgan fingerprint density at radius 2 is 2.17 bits per heavy atom. The molecule has 3 rings (SSSR count). The van der Waals surface area contributed by atoms with Gasteiger partial charge in [-0.1, -0.05) is 18.2 Å². The third kappa shape index (κ3) is 3.97. The second-order valence-electron chi connectivity index (χ2n) is 5.48. The number of amides is 2. The van der Waals surface area contributed by atoms with Crippen molar-refractivity contribution in [1.82, 2.24) is 10.6 Å². The minimum Gasteiger partial charge on any atom is -0.467 e. The fourth-order valence-corrected chi connectivity index (χ4v) is 3.64. The summed E-state index contributed by atoms with van der Waals surface area (Å²) in [6, 6.07) is 9.33. The lowest BCUT2D eigenvalue weighted by atomic mass is 10.1. The summed E-state index contributed by atoms with van der Waals surface area (Å²) in [6.07, 6.45) is 1.84. The van der Waals surface area contributed by atoms with E-state index in [4.69, 9.17) is 4.42 Å². The zero-order valence-electron chi connectivity index (χ0n) is 12.8. The molecule has 2 N–H and O–H groups in total. The van der Waals surface area contributed by atoms with Gasteiger partial charge >= 0.3 is 0 Å². The molecule has 126 valence electrons. The number of hydrogen-bond donors (Lipinski definition) is 2. The molecule has 0 saturated carbocycles. The molecule has 7 heteroatoms. The summed E-state index contributed by atoms with van der Waals surface area (Å²) in [5.74, 6) is 0.290. The zero-order valence-corrected chi connectivity index (χ0v) is 13.6. The van der Waals surface area contributed by atoms with E-state index < -0.39 is 11.3 Å². The Hall–Kier alpha value is -2.28. The summed E-state index contributed by atoms with van der Waals surface area (Å²) in [5, 5.41) is 5.05. The van der Waals surface area contributed by atoms with Crippen LogP contribution in [0.15, 0.2) is 47.1 Å². The molecule has 5 nitrogen and oxygen atoms in total. The number of nitrogens with one attached hydrogen (secondary N) is 2. The standard InChI is InChI=1S/C17H17FN2O3S/c18-13-6-2-1-4-11(13)8-15-17(22)20-14(10-24-15)16(21)19-9-12-5-3-7-23-12/h1-7,14-15H,8-10H2,(H,19,21)(H,20,22)/t14-,15+/m0/s1. The molecular weight excluding hydrogens is 331 g/mol. The van der Waals surface area contributed by atoms with Gasteiger partial charge in [-0.2, -0.15) is 0 Å². The first kappa shape index (κ1) is 16.6. The molecule has 2 atom stereocenters. The minimum absolute atomic E-state index is 0.243. The molecule has 0 spiro atoms. The molecule has 24 heavy (non-hydrogen) atoms. The first-order chi connectivity index (χ1) is 11.6. The van der Waals surface area contributed by atoms with Crippen molar-refractivity contribution in [1.29, 1.82) is 0 Å². The molecule has 1 aromatic heterocycles. The van der Waals surface area contributed by atoms with Crippen molar-refractivity contribution in [3.05, 3.63) is 59.8 Å². The van der Waals surface area contributed by atoms with E-state index in [0.717, 1.165) is 0 Å². The molecule has 0 bridgehead atoms. The number of thioether (sulfide) groups is 1. The fraction of sp³-hybridized carbons (Fsp3) is 0.294. The molecule has 1 aliphatic rings. The monoisotopic (exact) mass is 348 g/mol. The first-order valence-corrected chi connectivity index (χ1v) is 8.64. The van der Waals surface area contributed by atoms with Gasteiger partial charge in [0.25, 0.3) is 0 Å². The number of rotatable bonds is 5. The average Bonchev–Trinajstić information content (AvgIpc) is 3.10. The molecule has 1 aliphatic heterocycles. The van der Waals surface area contributed by atoms with Gasteiger partial charge in [-0.15, -0.1) is 11.8 Å². The van der Waals surface area contributed by atoms with Crippen LogP contribution in [0.5, 0.6) is 0 Å². The highest BCUT2D eigenvalue weighted by atomic mass is 32.2. The maximum atomic E-state index is 13.7. The molecular formula is C17H17FN2O3S. The second-order valence-corrected chi connectivity index (χ2v) is 6.71. The number of benzene rings is 1. The van der Waals surface area contributed by atoms with Gasteiger partial charge in [0.1, 0.15) is 17.6 Å². The number of carbonyl (C=O) groups is 2. The van der Waals surface area contributed by atoms with E-state index in [1.807, 2.05) is 0 Å². The van der Waals surface area contributed by atoms with Crippen LogP contribution >= 0.6 is 11.8 Å². The summed E-state index contributed by atoms with van der Waals surface area (Å²) in [4.78, 5) is 24.3. The van der Waals surface area contributed by atoms with Gasteiger partial charge in [-0.3, -0.25) is 9.59 Å². The summed E-state index contributed by atoms with van der Waals surface area (Å²) in [5.41, 5.74) is 0.505. The highest BCUT2D eigenvalue weighted by molar-refractivity contribution is 8.00. The largest absolute Gasteiger partial charge is 0.467 e. The molecule has 0 unspecified atom stereocenters. The molecule has 1 fully saturated rings. The highest BCUT2D eigenvalue weighted by Gasteiger charge is 2.32. The number of halogens is 1. The molecule has 2 amide bonds. The van der Waals surface area contributed by atoms with Crippen molar-refractivity contribution in [2.45, 2.75) is 24.3 Å².